The number of piperazine rings is 1. The molecule has 3 aromatic carbocycles. The summed E-state index contributed by atoms with van der Waals surface area (Å²) in [6, 6.07) is 32.7. The quantitative estimate of drug-likeness (QED) is 0.434. The second kappa shape index (κ2) is 9.84. The summed E-state index contributed by atoms with van der Waals surface area (Å²) in [5.41, 5.74) is 4.28. The Morgan fingerprint density at radius 1 is 0.788 bits per heavy atom. The van der Waals surface area contributed by atoms with Crippen LogP contribution in [-0.2, 0) is 6.54 Å². The molecule has 5 heteroatoms. The maximum Gasteiger partial charge on any atom is 0.292 e. The van der Waals surface area contributed by atoms with Gasteiger partial charge in [-0.25, -0.2) is 0 Å². The van der Waals surface area contributed by atoms with Crippen molar-refractivity contribution in [2.24, 2.45) is 0 Å². The van der Waals surface area contributed by atoms with Crippen molar-refractivity contribution in [3.8, 4) is 0 Å². The standard InChI is InChI=1S/C28H27N3O2/c32-28(31-18-16-30(17-19-31)21-22-10-4-1-5-11-22)26-20-25(29-33-26)27(23-12-6-2-7-13-23)24-14-8-3-9-15-24/h1-15,20,27H,16-19,21H2. The van der Waals surface area contributed by atoms with Crippen LogP contribution in [0.1, 0.15) is 38.9 Å². The van der Waals surface area contributed by atoms with Crippen LogP contribution >= 0.6 is 0 Å². The van der Waals surface area contributed by atoms with Gasteiger partial charge in [-0.15, -0.1) is 0 Å². The van der Waals surface area contributed by atoms with E-state index < -0.39 is 0 Å². The van der Waals surface area contributed by atoms with E-state index in [0.29, 0.717) is 18.8 Å². The predicted molar refractivity (Wildman–Crippen MR) is 128 cm³/mol. The normalized spacial score (nSPS) is 14.5. The molecule has 1 aliphatic heterocycles. The zero-order valence-corrected chi connectivity index (χ0v) is 18.5. The molecule has 0 N–H and O–H groups in total. The SMILES string of the molecule is O=C(c1cc(C(c2ccccc2)c2ccccc2)no1)N1CCN(Cc2ccccc2)CC1. The van der Waals surface area contributed by atoms with Crippen molar-refractivity contribution in [2.75, 3.05) is 26.2 Å². The predicted octanol–water partition coefficient (Wildman–Crippen LogP) is 4.81. The smallest absolute Gasteiger partial charge is 0.292 e. The lowest BCUT2D eigenvalue weighted by Gasteiger charge is -2.34. The van der Waals surface area contributed by atoms with Crippen molar-refractivity contribution >= 4 is 5.91 Å². The van der Waals surface area contributed by atoms with Crippen molar-refractivity contribution < 1.29 is 9.32 Å². The molecule has 0 radical (unpaired) electrons. The third kappa shape index (κ3) is 4.89. The van der Waals surface area contributed by atoms with Gasteiger partial charge in [-0.1, -0.05) is 96.2 Å². The molecule has 2 heterocycles. The zero-order valence-electron chi connectivity index (χ0n) is 18.5. The van der Waals surface area contributed by atoms with Gasteiger partial charge in [0.05, 0.1) is 11.6 Å². The maximum atomic E-state index is 13.1. The highest BCUT2D eigenvalue weighted by Crippen LogP contribution is 2.31. The lowest BCUT2D eigenvalue weighted by atomic mass is 9.88. The molecule has 33 heavy (non-hydrogen) atoms. The van der Waals surface area contributed by atoms with Crippen molar-refractivity contribution in [2.45, 2.75) is 12.5 Å². The first-order valence-electron chi connectivity index (χ1n) is 11.4. The van der Waals surface area contributed by atoms with Crippen LogP contribution < -0.4 is 0 Å². The van der Waals surface area contributed by atoms with E-state index in [-0.39, 0.29) is 11.8 Å². The summed E-state index contributed by atoms with van der Waals surface area (Å²) in [7, 11) is 0. The van der Waals surface area contributed by atoms with Crippen LogP contribution in [0.2, 0.25) is 0 Å². The lowest BCUT2D eigenvalue weighted by molar-refractivity contribution is 0.0588. The van der Waals surface area contributed by atoms with E-state index in [9.17, 15) is 4.79 Å². The summed E-state index contributed by atoms with van der Waals surface area (Å²) in [4.78, 5) is 17.4. The van der Waals surface area contributed by atoms with Crippen LogP contribution in [0, 0.1) is 0 Å². The van der Waals surface area contributed by atoms with E-state index in [1.165, 1.54) is 5.56 Å². The van der Waals surface area contributed by atoms with Gasteiger partial charge in [0, 0.05) is 38.8 Å². The average molecular weight is 438 g/mol. The molecule has 4 aromatic rings. The number of carbonyl (C=O) groups excluding carboxylic acids is 1. The van der Waals surface area contributed by atoms with Crippen LogP contribution in [0.3, 0.4) is 0 Å². The van der Waals surface area contributed by atoms with E-state index >= 15 is 0 Å². The number of nitrogens with zero attached hydrogens (tertiary/aromatic N) is 3. The molecule has 0 spiro atoms. The third-order valence-corrected chi connectivity index (χ3v) is 6.21. The van der Waals surface area contributed by atoms with Gasteiger partial charge >= 0.3 is 0 Å². The summed E-state index contributed by atoms with van der Waals surface area (Å²) in [6.45, 7) is 3.97. The van der Waals surface area contributed by atoms with Crippen molar-refractivity contribution in [3.05, 3.63) is 125 Å². The van der Waals surface area contributed by atoms with E-state index in [4.69, 9.17) is 4.52 Å². The second-order valence-corrected chi connectivity index (χ2v) is 8.42. The van der Waals surface area contributed by atoms with Crippen LogP contribution in [0.15, 0.2) is 102 Å². The van der Waals surface area contributed by atoms with E-state index in [0.717, 1.165) is 36.5 Å². The first kappa shape index (κ1) is 21.2. The highest BCUT2D eigenvalue weighted by atomic mass is 16.5. The minimum atomic E-state index is -0.0898. The molecule has 0 atom stereocenters. The van der Waals surface area contributed by atoms with E-state index in [2.05, 4.69) is 58.6 Å². The van der Waals surface area contributed by atoms with Gasteiger partial charge in [0.1, 0.15) is 0 Å². The Bertz CT molecular complexity index is 1130. The van der Waals surface area contributed by atoms with Gasteiger partial charge in [0.25, 0.3) is 5.91 Å². The molecule has 1 aromatic heterocycles. The first-order chi connectivity index (χ1) is 16.3. The molecule has 1 amide bonds. The van der Waals surface area contributed by atoms with Crippen molar-refractivity contribution in [3.63, 3.8) is 0 Å². The van der Waals surface area contributed by atoms with Crippen molar-refractivity contribution in [1.82, 2.24) is 15.0 Å². The molecule has 5 nitrogen and oxygen atoms in total. The Hall–Kier alpha value is -3.70. The fraction of sp³-hybridized carbons (Fsp3) is 0.214. The monoisotopic (exact) mass is 437 g/mol. The number of rotatable bonds is 6. The maximum absolute atomic E-state index is 13.1. The number of hydrogen-bond acceptors (Lipinski definition) is 4. The fourth-order valence-corrected chi connectivity index (χ4v) is 4.46. The first-order valence-corrected chi connectivity index (χ1v) is 11.4. The zero-order chi connectivity index (χ0) is 22.5. The van der Waals surface area contributed by atoms with Crippen LogP contribution in [-0.4, -0.2) is 47.0 Å². The van der Waals surface area contributed by atoms with Gasteiger partial charge in [0.2, 0.25) is 5.76 Å². The number of carbonyl (C=O) groups is 1. The van der Waals surface area contributed by atoms with Gasteiger partial charge in [0.15, 0.2) is 0 Å². The van der Waals surface area contributed by atoms with Gasteiger partial charge in [-0.3, -0.25) is 9.69 Å². The second-order valence-electron chi connectivity index (χ2n) is 8.42. The summed E-state index contributed by atoms with van der Waals surface area (Å²) in [5.74, 6) is 0.131. The minimum Gasteiger partial charge on any atom is -0.351 e. The molecule has 0 saturated carbocycles. The Morgan fingerprint density at radius 2 is 1.33 bits per heavy atom. The van der Waals surface area contributed by atoms with Gasteiger partial charge < -0.3 is 9.42 Å². The highest BCUT2D eigenvalue weighted by Gasteiger charge is 2.27. The summed E-state index contributed by atoms with van der Waals surface area (Å²) >= 11 is 0. The number of aromatic nitrogens is 1. The van der Waals surface area contributed by atoms with Gasteiger partial charge in [-0.05, 0) is 16.7 Å². The van der Waals surface area contributed by atoms with E-state index in [1.807, 2.05) is 53.4 Å². The number of amides is 1. The third-order valence-electron chi connectivity index (χ3n) is 6.21. The fourth-order valence-electron chi connectivity index (χ4n) is 4.46. The summed E-state index contributed by atoms with van der Waals surface area (Å²) < 4.78 is 5.57. The largest absolute Gasteiger partial charge is 0.351 e. The summed E-state index contributed by atoms with van der Waals surface area (Å²) in [6.07, 6.45) is 0. The molecule has 0 bridgehead atoms. The molecular formula is C28H27N3O2. The molecule has 166 valence electrons. The van der Waals surface area contributed by atoms with Crippen molar-refractivity contribution in [1.29, 1.82) is 0 Å². The Balaban J connectivity index is 1.29. The molecule has 1 saturated heterocycles. The minimum absolute atomic E-state index is 0.0829. The molecular weight excluding hydrogens is 410 g/mol. The number of benzene rings is 3. The van der Waals surface area contributed by atoms with Crippen LogP contribution in [0.5, 0.6) is 0 Å². The molecule has 0 aliphatic carbocycles. The molecule has 0 unspecified atom stereocenters. The molecule has 1 aliphatic rings. The van der Waals surface area contributed by atoms with E-state index in [1.54, 1.807) is 0 Å². The average Bonchev–Trinajstić information content (AvgIpc) is 3.36. The topological polar surface area (TPSA) is 49.6 Å². The van der Waals surface area contributed by atoms with Crippen LogP contribution in [0.4, 0.5) is 0 Å². The van der Waals surface area contributed by atoms with Gasteiger partial charge in [-0.2, -0.15) is 0 Å². The molecule has 1 fully saturated rings. The lowest BCUT2D eigenvalue weighted by Crippen LogP contribution is -2.48. The summed E-state index contributed by atoms with van der Waals surface area (Å²) in [5, 5.41) is 4.32. The highest BCUT2D eigenvalue weighted by molar-refractivity contribution is 5.91. The molecule has 5 rings (SSSR count). The van der Waals surface area contributed by atoms with Crippen LogP contribution in [0.25, 0.3) is 0 Å². The number of hydrogen-bond donors (Lipinski definition) is 0. The Morgan fingerprint density at radius 3 is 1.91 bits per heavy atom. The Kier molecular flexibility index (Phi) is 6.31. The Labute approximate surface area is 194 Å².